The molecule has 6 nitrogen and oxygen atoms in total. The van der Waals surface area contributed by atoms with Crippen molar-refractivity contribution < 1.29 is 14.1 Å². The third-order valence-corrected chi connectivity index (χ3v) is 6.56. The number of carbonyl (C=O) groups excluding carboxylic acids is 1. The number of aryl methyl sites for hydroxylation is 1. The molecule has 34 heavy (non-hydrogen) atoms. The Hall–Kier alpha value is -3.12. The largest absolute Gasteiger partial charge is 0.385 e. The normalized spacial score (nSPS) is 16.0. The SMILES string of the molecule is COCCCN(Cc1c(-c2ccccc2)noc1N1CCCC[C@@H]1C)C(=O)c1cccc(C)c1. The summed E-state index contributed by atoms with van der Waals surface area (Å²) in [5.41, 5.74) is 4.54. The first-order valence-corrected chi connectivity index (χ1v) is 12.2. The first-order chi connectivity index (χ1) is 16.6. The zero-order valence-corrected chi connectivity index (χ0v) is 20.5. The van der Waals surface area contributed by atoms with Gasteiger partial charge in [0.1, 0.15) is 5.69 Å². The lowest BCUT2D eigenvalue weighted by Gasteiger charge is -2.34. The van der Waals surface area contributed by atoms with Crippen LogP contribution in [0.5, 0.6) is 0 Å². The number of ether oxygens (including phenoxy) is 1. The molecule has 4 rings (SSSR count). The van der Waals surface area contributed by atoms with Gasteiger partial charge >= 0.3 is 0 Å². The van der Waals surface area contributed by atoms with Crippen LogP contribution in [0.4, 0.5) is 5.88 Å². The van der Waals surface area contributed by atoms with Crippen LogP contribution in [0, 0.1) is 6.92 Å². The van der Waals surface area contributed by atoms with Gasteiger partial charge < -0.3 is 19.1 Å². The average Bonchev–Trinajstić information content (AvgIpc) is 3.27. The Morgan fingerprint density at radius 2 is 2.00 bits per heavy atom. The Morgan fingerprint density at radius 1 is 1.18 bits per heavy atom. The molecule has 1 aliphatic heterocycles. The number of methoxy groups -OCH3 is 1. The van der Waals surface area contributed by atoms with Crippen molar-refractivity contribution in [2.45, 2.75) is 52.1 Å². The lowest BCUT2D eigenvalue weighted by Crippen LogP contribution is -2.38. The molecule has 1 aromatic heterocycles. The van der Waals surface area contributed by atoms with Gasteiger partial charge in [-0.3, -0.25) is 4.79 Å². The molecule has 1 saturated heterocycles. The molecule has 3 aromatic rings. The van der Waals surface area contributed by atoms with Crippen LogP contribution >= 0.6 is 0 Å². The molecule has 2 aromatic carbocycles. The van der Waals surface area contributed by atoms with E-state index in [2.05, 4.69) is 17.0 Å². The molecule has 0 N–H and O–H groups in total. The van der Waals surface area contributed by atoms with Gasteiger partial charge in [-0.05, 0) is 51.7 Å². The van der Waals surface area contributed by atoms with Gasteiger partial charge in [0.2, 0.25) is 5.88 Å². The lowest BCUT2D eigenvalue weighted by atomic mass is 10.0. The van der Waals surface area contributed by atoms with Gasteiger partial charge in [-0.2, -0.15) is 0 Å². The lowest BCUT2D eigenvalue weighted by molar-refractivity contribution is 0.0724. The number of amides is 1. The Bertz CT molecular complexity index is 1080. The number of anilines is 1. The molecule has 180 valence electrons. The van der Waals surface area contributed by atoms with E-state index < -0.39 is 0 Å². The predicted molar refractivity (Wildman–Crippen MR) is 135 cm³/mol. The van der Waals surface area contributed by atoms with Crippen molar-refractivity contribution in [2.75, 3.05) is 31.7 Å². The number of rotatable bonds is 9. The minimum atomic E-state index is 0.0117. The minimum Gasteiger partial charge on any atom is -0.385 e. The summed E-state index contributed by atoms with van der Waals surface area (Å²) in [6, 6.07) is 18.2. The molecule has 0 spiro atoms. The third-order valence-electron chi connectivity index (χ3n) is 6.56. The molecular weight excluding hydrogens is 426 g/mol. The summed E-state index contributed by atoms with van der Waals surface area (Å²) in [5.74, 6) is 0.803. The fraction of sp³-hybridized carbons (Fsp3) is 0.429. The monoisotopic (exact) mass is 461 g/mol. The number of hydrogen-bond acceptors (Lipinski definition) is 5. The molecule has 2 heterocycles. The number of hydrogen-bond donors (Lipinski definition) is 0. The second-order valence-corrected chi connectivity index (χ2v) is 9.16. The van der Waals surface area contributed by atoms with E-state index in [0.717, 1.165) is 54.1 Å². The zero-order chi connectivity index (χ0) is 23.9. The number of carbonyl (C=O) groups is 1. The topological polar surface area (TPSA) is 58.8 Å². The van der Waals surface area contributed by atoms with Gasteiger partial charge in [0.15, 0.2) is 0 Å². The Morgan fingerprint density at radius 3 is 2.74 bits per heavy atom. The highest BCUT2D eigenvalue weighted by Crippen LogP contribution is 2.35. The van der Waals surface area contributed by atoms with E-state index in [1.54, 1.807) is 7.11 Å². The van der Waals surface area contributed by atoms with Crippen molar-refractivity contribution in [1.82, 2.24) is 10.1 Å². The van der Waals surface area contributed by atoms with Crippen molar-refractivity contribution in [1.29, 1.82) is 0 Å². The van der Waals surface area contributed by atoms with Crippen LogP contribution in [0.25, 0.3) is 11.3 Å². The standard InChI is InChI=1S/C28H35N3O3/c1-21-11-9-15-24(19-21)27(32)30(16-10-18-33-3)20-25-26(23-13-5-4-6-14-23)29-34-28(25)31-17-8-7-12-22(31)2/h4-6,9,11,13-15,19,22H,7-8,10,12,16-18,20H2,1-3H3/t22-/m0/s1. The van der Waals surface area contributed by atoms with Crippen molar-refractivity contribution in [3.05, 3.63) is 71.3 Å². The first-order valence-electron chi connectivity index (χ1n) is 12.2. The summed E-state index contributed by atoms with van der Waals surface area (Å²) >= 11 is 0. The maximum Gasteiger partial charge on any atom is 0.254 e. The summed E-state index contributed by atoms with van der Waals surface area (Å²) < 4.78 is 11.3. The van der Waals surface area contributed by atoms with Gasteiger partial charge in [-0.1, -0.05) is 53.2 Å². The Labute approximate surface area is 202 Å². The molecular formula is C28H35N3O3. The Balaban J connectivity index is 1.72. The molecule has 1 fully saturated rings. The van der Waals surface area contributed by atoms with Gasteiger partial charge in [-0.25, -0.2) is 0 Å². The van der Waals surface area contributed by atoms with E-state index in [4.69, 9.17) is 9.26 Å². The van der Waals surface area contributed by atoms with E-state index in [9.17, 15) is 4.79 Å². The molecule has 0 saturated carbocycles. The van der Waals surface area contributed by atoms with E-state index in [1.807, 2.05) is 66.4 Å². The number of benzene rings is 2. The minimum absolute atomic E-state index is 0.0117. The van der Waals surface area contributed by atoms with E-state index in [-0.39, 0.29) is 5.91 Å². The van der Waals surface area contributed by atoms with Gasteiger partial charge in [0.05, 0.1) is 12.1 Å². The molecule has 0 radical (unpaired) electrons. The van der Waals surface area contributed by atoms with Crippen molar-refractivity contribution in [2.24, 2.45) is 0 Å². The van der Waals surface area contributed by atoms with Gasteiger partial charge in [-0.15, -0.1) is 0 Å². The molecule has 1 amide bonds. The van der Waals surface area contributed by atoms with Gasteiger partial charge in [0, 0.05) is 44.0 Å². The van der Waals surface area contributed by atoms with Gasteiger partial charge in [0.25, 0.3) is 5.91 Å². The zero-order valence-electron chi connectivity index (χ0n) is 20.5. The summed E-state index contributed by atoms with van der Waals surface area (Å²) in [7, 11) is 1.69. The first kappa shape index (κ1) is 24.0. The fourth-order valence-corrected chi connectivity index (χ4v) is 4.70. The maximum absolute atomic E-state index is 13.6. The maximum atomic E-state index is 13.6. The fourth-order valence-electron chi connectivity index (χ4n) is 4.70. The summed E-state index contributed by atoms with van der Waals surface area (Å²) in [6.45, 7) is 6.81. The molecule has 0 aliphatic carbocycles. The van der Waals surface area contributed by atoms with Crippen LogP contribution in [0.3, 0.4) is 0 Å². The van der Waals surface area contributed by atoms with Crippen molar-refractivity contribution in [3.63, 3.8) is 0 Å². The van der Waals surface area contributed by atoms with Crippen molar-refractivity contribution >= 4 is 11.8 Å². The van der Waals surface area contributed by atoms with Crippen LogP contribution in [-0.2, 0) is 11.3 Å². The van der Waals surface area contributed by atoms with Crippen LogP contribution < -0.4 is 4.90 Å². The highest BCUT2D eigenvalue weighted by molar-refractivity contribution is 5.94. The second-order valence-electron chi connectivity index (χ2n) is 9.16. The van der Waals surface area contributed by atoms with E-state index in [1.165, 1.54) is 6.42 Å². The highest BCUT2D eigenvalue weighted by Gasteiger charge is 2.30. The molecule has 0 bridgehead atoms. The predicted octanol–water partition coefficient (Wildman–Crippen LogP) is 5.71. The Kier molecular flexibility index (Phi) is 8.01. The van der Waals surface area contributed by atoms with Crippen LogP contribution in [0.2, 0.25) is 0 Å². The highest BCUT2D eigenvalue weighted by atomic mass is 16.5. The average molecular weight is 462 g/mol. The van der Waals surface area contributed by atoms with Crippen LogP contribution in [-0.4, -0.2) is 48.8 Å². The molecule has 1 aliphatic rings. The number of piperidine rings is 1. The summed E-state index contributed by atoms with van der Waals surface area (Å²) in [5, 5.41) is 4.51. The summed E-state index contributed by atoms with van der Waals surface area (Å²) in [4.78, 5) is 17.9. The second kappa shape index (κ2) is 11.3. The van der Waals surface area contributed by atoms with Crippen molar-refractivity contribution in [3.8, 4) is 11.3 Å². The smallest absolute Gasteiger partial charge is 0.254 e. The van der Waals surface area contributed by atoms with Crippen LogP contribution in [0.15, 0.2) is 59.1 Å². The van der Waals surface area contributed by atoms with E-state index in [0.29, 0.717) is 31.3 Å². The molecule has 6 heteroatoms. The van der Waals surface area contributed by atoms with Crippen LogP contribution in [0.1, 0.15) is 54.1 Å². The quantitative estimate of drug-likeness (QED) is 0.382. The molecule has 0 unspecified atom stereocenters. The number of aromatic nitrogens is 1. The van der Waals surface area contributed by atoms with E-state index >= 15 is 0 Å². The summed E-state index contributed by atoms with van der Waals surface area (Å²) in [6.07, 6.45) is 4.24. The molecule has 1 atom stereocenters. The third kappa shape index (κ3) is 5.50. The number of nitrogens with zero attached hydrogens (tertiary/aromatic N) is 3.